The van der Waals surface area contributed by atoms with Crippen molar-refractivity contribution in [1.82, 2.24) is 0 Å². The highest BCUT2D eigenvalue weighted by Crippen LogP contribution is 2.20. The van der Waals surface area contributed by atoms with Crippen molar-refractivity contribution in [3.05, 3.63) is 0 Å². The van der Waals surface area contributed by atoms with E-state index < -0.39 is 0 Å². The van der Waals surface area contributed by atoms with Gasteiger partial charge in [-0.05, 0) is 49.4 Å². The van der Waals surface area contributed by atoms with Gasteiger partial charge in [-0.25, -0.2) is 0 Å². The molecule has 0 aromatic carbocycles. The minimum absolute atomic E-state index is 0.113. The first-order valence-electron chi connectivity index (χ1n) is 9.77. The summed E-state index contributed by atoms with van der Waals surface area (Å²) in [6.45, 7) is 16.4. The van der Waals surface area contributed by atoms with E-state index in [1.54, 1.807) is 0 Å². The summed E-state index contributed by atoms with van der Waals surface area (Å²) in [6.07, 6.45) is 7.81. The van der Waals surface area contributed by atoms with Crippen LogP contribution in [0, 0.1) is 10.8 Å². The average Bonchev–Trinajstić information content (AvgIpc) is 2.40. The van der Waals surface area contributed by atoms with Crippen LogP contribution < -0.4 is 0 Å². The lowest BCUT2D eigenvalue weighted by molar-refractivity contribution is -0.120. The predicted octanol–water partition coefficient (Wildman–Crippen LogP) is 5.80. The maximum absolute atomic E-state index is 11.7. The Labute approximate surface area is 150 Å². The van der Waals surface area contributed by atoms with Gasteiger partial charge in [-0.1, -0.05) is 41.5 Å². The van der Waals surface area contributed by atoms with Gasteiger partial charge in [0.15, 0.2) is 0 Å². The molecule has 0 radical (unpaired) electrons. The van der Waals surface area contributed by atoms with Crippen LogP contribution >= 0.6 is 0 Å². The van der Waals surface area contributed by atoms with Crippen LogP contribution in [0.2, 0.25) is 0 Å². The Balaban J connectivity index is 3.22. The van der Waals surface area contributed by atoms with Gasteiger partial charge in [0.25, 0.3) is 0 Å². The Morgan fingerprint density at radius 1 is 0.667 bits per heavy atom. The van der Waals surface area contributed by atoms with Gasteiger partial charge in [-0.3, -0.25) is 4.79 Å². The van der Waals surface area contributed by atoms with Gasteiger partial charge in [-0.15, -0.1) is 0 Å². The Hall–Kier alpha value is -0.410. The number of unbranched alkanes of at least 4 members (excludes halogenated alkanes) is 2. The standard InChI is InChI=1S/C21H42O3/c1-20(2,3)13-11-17-24-16-10-9-15-23-14-8-7-12-19(22)18-21(4,5)6/h7-18H2,1-6H3. The fraction of sp³-hybridized carbons (Fsp3) is 0.952. The van der Waals surface area contributed by atoms with Crippen molar-refractivity contribution in [2.24, 2.45) is 10.8 Å². The molecule has 0 spiro atoms. The molecule has 0 amide bonds. The number of hydrogen-bond acceptors (Lipinski definition) is 3. The zero-order valence-corrected chi connectivity index (χ0v) is 17.2. The third kappa shape index (κ3) is 19.6. The first kappa shape index (κ1) is 23.6. The first-order valence-corrected chi connectivity index (χ1v) is 9.77. The topological polar surface area (TPSA) is 35.5 Å². The molecule has 0 aliphatic carbocycles. The molecule has 0 rings (SSSR count). The Morgan fingerprint density at radius 2 is 1.12 bits per heavy atom. The molecule has 0 heterocycles. The minimum Gasteiger partial charge on any atom is -0.381 e. The Morgan fingerprint density at radius 3 is 1.58 bits per heavy atom. The summed E-state index contributed by atoms with van der Waals surface area (Å²) in [5.41, 5.74) is 0.525. The van der Waals surface area contributed by atoms with Gasteiger partial charge in [-0.2, -0.15) is 0 Å². The molecule has 0 aromatic heterocycles. The summed E-state index contributed by atoms with van der Waals surface area (Å²) in [4.78, 5) is 11.7. The second-order valence-corrected chi connectivity index (χ2v) is 9.33. The van der Waals surface area contributed by atoms with Gasteiger partial charge in [0.05, 0.1) is 0 Å². The van der Waals surface area contributed by atoms with E-state index in [1.165, 1.54) is 6.42 Å². The number of ether oxygens (including phenoxy) is 2. The molecule has 0 aliphatic rings. The van der Waals surface area contributed by atoms with Crippen molar-refractivity contribution in [2.45, 2.75) is 92.9 Å². The number of hydrogen-bond donors (Lipinski definition) is 0. The quantitative estimate of drug-likeness (QED) is 0.374. The zero-order chi connectivity index (χ0) is 18.5. The average molecular weight is 343 g/mol. The largest absolute Gasteiger partial charge is 0.381 e. The molecule has 144 valence electrons. The molecule has 0 saturated heterocycles. The summed E-state index contributed by atoms with van der Waals surface area (Å²) < 4.78 is 11.3. The van der Waals surface area contributed by atoms with E-state index in [-0.39, 0.29) is 5.41 Å². The van der Waals surface area contributed by atoms with Crippen LogP contribution in [0.25, 0.3) is 0 Å². The third-order valence-electron chi connectivity index (χ3n) is 3.76. The van der Waals surface area contributed by atoms with Crippen molar-refractivity contribution < 1.29 is 14.3 Å². The Kier molecular flexibility index (Phi) is 12.7. The molecule has 24 heavy (non-hydrogen) atoms. The summed E-state index contributed by atoms with van der Waals surface area (Å²) in [5, 5.41) is 0. The predicted molar refractivity (Wildman–Crippen MR) is 102 cm³/mol. The van der Waals surface area contributed by atoms with Gasteiger partial charge in [0, 0.05) is 39.3 Å². The highest BCUT2D eigenvalue weighted by Gasteiger charge is 2.15. The van der Waals surface area contributed by atoms with Crippen molar-refractivity contribution >= 4 is 5.78 Å². The van der Waals surface area contributed by atoms with Crippen molar-refractivity contribution in [1.29, 1.82) is 0 Å². The highest BCUT2D eigenvalue weighted by atomic mass is 16.5. The van der Waals surface area contributed by atoms with E-state index in [1.807, 2.05) is 0 Å². The van der Waals surface area contributed by atoms with E-state index in [0.29, 0.717) is 24.0 Å². The van der Waals surface area contributed by atoms with Crippen molar-refractivity contribution in [2.75, 3.05) is 26.4 Å². The van der Waals surface area contributed by atoms with Crippen LogP contribution in [0.1, 0.15) is 92.9 Å². The summed E-state index contributed by atoms with van der Waals surface area (Å²) in [7, 11) is 0. The van der Waals surface area contributed by atoms with E-state index in [2.05, 4.69) is 41.5 Å². The first-order chi connectivity index (χ1) is 11.1. The van der Waals surface area contributed by atoms with Crippen LogP contribution in [-0.2, 0) is 14.3 Å². The van der Waals surface area contributed by atoms with E-state index >= 15 is 0 Å². The molecule has 0 aliphatic heterocycles. The second kappa shape index (κ2) is 12.9. The molecule has 0 bridgehead atoms. The molecule has 0 fully saturated rings. The van der Waals surface area contributed by atoms with Crippen LogP contribution in [0.3, 0.4) is 0 Å². The lowest BCUT2D eigenvalue weighted by Crippen LogP contribution is -2.12. The highest BCUT2D eigenvalue weighted by molar-refractivity contribution is 5.78. The van der Waals surface area contributed by atoms with Gasteiger partial charge in [0.2, 0.25) is 0 Å². The third-order valence-corrected chi connectivity index (χ3v) is 3.76. The molecule has 0 saturated carbocycles. The molecule has 0 N–H and O–H groups in total. The number of carbonyl (C=O) groups is 1. The second-order valence-electron chi connectivity index (χ2n) is 9.33. The number of rotatable bonds is 14. The van der Waals surface area contributed by atoms with Gasteiger partial charge in [0.1, 0.15) is 5.78 Å². The Bertz CT molecular complexity index is 310. The molecule has 3 nitrogen and oxygen atoms in total. The number of ketones is 1. The lowest BCUT2D eigenvalue weighted by Gasteiger charge is -2.17. The minimum atomic E-state index is 0.113. The smallest absolute Gasteiger partial charge is 0.133 e. The normalized spacial score (nSPS) is 12.6. The fourth-order valence-corrected chi connectivity index (χ4v) is 2.52. The molecular formula is C21H42O3. The summed E-state index contributed by atoms with van der Waals surface area (Å²) in [5.74, 6) is 0.381. The maximum Gasteiger partial charge on any atom is 0.133 e. The molecule has 0 atom stereocenters. The SMILES string of the molecule is CC(C)(C)CCCOCCCCOCCCCC(=O)CC(C)(C)C. The summed E-state index contributed by atoms with van der Waals surface area (Å²) >= 11 is 0. The van der Waals surface area contributed by atoms with Gasteiger partial charge >= 0.3 is 0 Å². The molecular weight excluding hydrogens is 300 g/mol. The van der Waals surface area contributed by atoms with Crippen molar-refractivity contribution in [3.8, 4) is 0 Å². The van der Waals surface area contributed by atoms with E-state index in [4.69, 9.17) is 9.47 Å². The number of carbonyl (C=O) groups excluding carboxylic acids is 1. The fourth-order valence-electron chi connectivity index (χ4n) is 2.52. The van der Waals surface area contributed by atoms with Crippen molar-refractivity contribution in [3.63, 3.8) is 0 Å². The van der Waals surface area contributed by atoms with E-state index in [9.17, 15) is 4.79 Å². The van der Waals surface area contributed by atoms with Crippen LogP contribution in [0.15, 0.2) is 0 Å². The van der Waals surface area contributed by atoms with Crippen LogP contribution in [0.4, 0.5) is 0 Å². The van der Waals surface area contributed by atoms with E-state index in [0.717, 1.165) is 58.5 Å². The summed E-state index contributed by atoms with van der Waals surface area (Å²) in [6, 6.07) is 0. The number of Topliss-reactive ketones (excluding diaryl/α,β-unsaturated/α-hetero) is 1. The van der Waals surface area contributed by atoms with Crippen LogP contribution in [-0.4, -0.2) is 32.2 Å². The lowest BCUT2D eigenvalue weighted by atomic mass is 9.88. The molecule has 3 heteroatoms. The zero-order valence-electron chi connectivity index (χ0n) is 17.2. The monoisotopic (exact) mass is 342 g/mol. The van der Waals surface area contributed by atoms with Gasteiger partial charge < -0.3 is 9.47 Å². The molecule has 0 aromatic rings. The molecule has 0 unspecified atom stereocenters. The maximum atomic E-state index is 11.7. The van der Waals surface area contributed by atoms with Crippen LogP contribution in [0.5, 0.6) is 0 Å².